The number of fused-ring (bicyclic) bond motifs is 1. The van der Waals surface area contributed by atoms with E-state index in [-0.39, 0.29) is 35.9 Å². The fourth-order valence-electron chi connectivity index (χ4n) is 2.96. The third kappa shape index (κ3) is 4.31. The minimum atomic E-state index is -0.633. The number of benzene rings is 2. The number of carbonyl (C=O) groups excluding carboxylic acids is 3. The first-order valence-corrected chi connectivity index (χ1v) is 8.98. The van der Waals surface area contributed by atoms with E-state index in [0.29, 0.717) is 11.4 Å². The van der Waals surface area contributed by atoms with Crippen LogP contribution in [0.2, 0.25) is 0 Å². The Hall–Kier alpha value is -3.55. The van der Waals surface area contributed by atoms with Gasteiger partial charge in [-0.1, -0.05) is 12.1 Å². The van der Waals surface area contributed by atoms with Crippen molar-refractivity contribution < 1.29 is 33.3 Å². The number of hydrogen-bond donors (Lipinski definition) is 0. The van der Waals surface area contributed by atoms with Crippen LogP contribution in [0.15, 0.2) is 42.5 Å². The highest BCUT2D eigenvalue weighted by molar-refractivity contribution is 6.00. The van der Waals surface area contributed by atoms with Gasteiger partial charge in [0.15, 0.2) is 17.6 Å². The molecule has 1 aliphatic rings. The predicted molar refractivity (Wildman–Crippen MR) is 103 cm³/mol. The maximum absolute atomic E-state index is 12.5. The van der Waals surface area contributed by atoms with Crippen LogP contribution >= 0.6 is 0 Å². The van der Waals surface area contributed by atoms with Gasteiger partial charge in [-0.15, -0.1) is 0 Å². The summed E-state index contributed by atoms with van der Waals surface area (Å²) in [6.07, 6.45) is -0.666. The van der Waals surface area contributed by atoms with Crippen LogP contribution < -0.4 is 19.1 Å². The lowest BCUT2D eigenvalue weighted by atomic mass is 10.1. The summed E-state index contributed by atoms with van der Waals surface area (Å²) in [5.74, 6) is -0.308. The maximum atomic E-state index is 12.5. The summed E-state index contributed by atoms with van der Waals surface area (Å²) in [6.45, 7) is 1.81. The molecule has 2 aromatic carbocycles. The Morgan fingerprint density at radius 1 is 1.10 bits per heavy atom. The summed E-state index contributed by atoms with van der Waals surface area (Å²) in [7, 11) is 2.67. The Morgan fingerprint density at radius 2 is 1.86 bits per heavy atom. The molecule has 0 bridgehead atoms. The third-order valence-corrected chi connectivity index (χ3v) is 4.42. The van der Waals surface area contributed by atoms with Crippen LogP contribution in [0.1, 0.15) is 23.7 Å². The summed E-state index contributed by atoms with van der Waals surface area (Å²) < 4.78 is 20.8. The molecule has 152 valence electrons. The molecule has 0 spiro atoms. The molecule has 0 fully saturated rings. The maximum Gasteiger partial charge on any atom is 0.337 e. The van der Waals surface area contributed by atoms with E-state index in [1.165, 1.54) is 37.3 Å². The number of ether oxygens (including phenoxy) is 4. The first-order chi connectivity index (χ1) is 13.9. The molecule has 8 nitrogen and oxygen atoms in total. The summed E-state index contributed by atoms with van der Waals surface area (Å²) in [6, 6.07) is 11.5. The average Bonchev–Trinajstić information content (AvgIpc) is 2.73. The van der Waals surface area contributed by atoms with E-state index in [4.69, 9.17) is 14.2 Å². The molecular formula is C21H21NO7. The molecule has 1 aliphatic heterocycles. The van der Waals surface area contributed by atoms with Crippen molar-refractivity contribution in [1.82, 2.24) is 0 Å². The highest BCUT2D eigenvalue weighted by atomic mass is 16.6. The predicted octanol–water partition coefficient (Wildman–Crippen LogP) is 2.59. The third-order valence-electron chi connectivity index (χ3n) is 4.42. The van der Waals surface area contributed by atoms with Gasteiger partial charge in [-0.3, -0.25) is 9.59 Å². The van der Waals surface area contributed by atoms with Crippen molar-refractivity contribution in [2.75, 3.05) is 25.7 Å². The van der Waals surface area contributed by atoms with Crippen molar-refractivity contribution in [2.45, 2.75) is 19.4 Å². The Kier molecular flexibility index (Phi) is 6.01. The van der Waals surface area contributed by atoms with Gasteiger partial charge in [-0.2, -0.15) is 0 Å². The van der Waals surface area contributed by atoms with Gasteiger partial charge in [0.2, 0.25) is 0 Å². The Morgan fingerprint density at radius 3 is 2.59 bits per heavy atom. The quantitative estimate of drug-likeness (QED) is 0.545. The number of carbonyl (C=O) groups is 3. The number of esters is 2. The minimum absolute atomic E-state index is 0.0330. The van der Waals surface area contributed by atoms with Crippen molar-refractivity contribution in [2.24, 2.45) is 0 Å². The largest absolute Gasteiger partial charge is 0.493 e. The van der Waals surface area contributed by atoms with Crippen molar-refractivity contribution >= 4 is 23.5 Å². The monoisotopic (exact) mass is 399 g/mol. The number of hydrogen-bond acceptors (Lipinski definition) is 7. The van der Waals surface area contributed by atoms with Crippen molar-refractivity contribution in [1.29, 1.82) is 0 Å². The van der Waals surface area contributed by atoms with E-state index in [1.807, 2.05) is 6.07 Å². The zero-order valence-electron chi connectivity index (χ0n) is 16.3. The first-order valence-electron chi connectivity index (χ1n) is 8.98. The van der Waals surface area contributed by atoms with Crippen LogP contribution in [0.4, 0.5) is 5.69 Å². The molecule has 29 heavy (non-hydrogen) atoms. The second-order valence-corrected chi connectivity index (χ2v) is 6.30. The zero-order valence-corrected chi connectivity index (χ0v) is 16.3. The zero-order chi connectivity index (χ0) is 21.0. The minimum Gasteiger partial charge on any atom is -0.493 e. The molecule has 1 unspecified atom stereocenters. The van der Waals surface area contributed by atoms with Crippen molar-refractivity contribution in [3.8, 4) is 17.2 Å². The number of amides is 1. The number of para-hydroxylation sites is 2. The second kappa shape index (κ2) is 8.64. The molecule has 1 heterocycles. The highest BCUT2D eigenvalue weighted by Crippen LogP contribution is 2.34. The number of anilines is 1. The molecule has 1 amide bonds. The fourth-order valence-corrected chi connectivity index (χ4v) is 2.96. The standard InChI is InChI=1S/C21H21NO7/c1-13-20(24)22(15-6-4-5-7-16(15)28-13)11-10-19(23)29-17-9-8-14(21(25)27-3)12-18(17)26-2/h4-9,12-13H,10-11H2,1-3H3. The van der Waals surface area contributed by atoms with Gasteiger partial charge in [-0.25, -0.2) is 4.79 Å². The van der Waals surface area contributed by atoms with Gasteiger partial charge in [0.25, 0.3) is 5.91 Å². The first kappa shape index (κ1) is 20.2. The summed E-state index contributed by atoms with van der Waals surface area (Å²) in [5, 5.41) is 0. The lowest BCUT2D eigenvalue weighted by Crippen LogP contribution is -2.45. The number of nitrogens with zero attached hydrogens (tertiary/aromatic N) is 1. The van der Waals surface area contributed by atoms with Gasteiger partial charge in [0.05, 0.1) is 31.9 Å². The highest BCUT2D eigenvalue weighted by Gasteiger charge is 2.31. The van der Waals surface area contributed by atoms with Gasteiger partial charge in [0.1, 0.15) is 5.75 Å². The van der Waals surface area contributed by atoms with Gasteiger partial charge in [0, 0.05) is 6.54 Å². The molecule has 3 rings (SSSR count). The Bertz CT molecular complexity index is 940. The lowest BCUT2D eigenvalue weighted by Gasteiger charge is -2.32. The average molecular weight is 399 g/mol. The van der Waals surface area contributed by atoms with E-state index in [9.17, 15) is 14.4 Å². The molecule has 0 N–H and O–H groups in total. The second-order valence-electron chi connectivity index (χ2n) is 6.30. The van der Waals surface area contributed by atoms with E-state index >= 15 is 0 Å². The van der Waals surface area contributed by atoms with Gasteiger partial charge in [-0.05, 0) is 37.3 Å². The van der Waals surface area contributed by atoms with E-state index in [0.717, 1.165) is 0 Å². The SMILES string of the molecule is COC(=O)c1ccc(OC(=O)CCN2C(=O)C(C)Oc3ccccc32)c(OC)c1. The van der Waals surface area contributed by atoms with Crippen LogP contribution in [0.25, 0.3) is 0 Å². The summed E-state index contributed by atoms with van der Waals surface area (Å²) >= 11 is 0. The number of methoxy groups -OCH3 is 2. The molecule has 8 heteroatoms. The molecule has 1 atom stereocenters. The molecule has 0 saturated carbocycles. The topological polar surface area (TPSA) is 91.4 Å². The van der Waals surface area contributed by atoms with E-state index in [2.05, 4.69) is 4.74 Å². The molecule has 0 radical (unpaired) electrons. The lowest BCUT2D eigenvalue weighted by molar-refractivity contribution is -0.134. The van der Waals surface area contributed by atoms with Crippen LogP contribution in [0, 0.1) is 0 Å². The van der Waals surface area contributed by atoms with E-state index in [1.54, 1.807) is 25.1 Å². The molecule has 0 aliphatic carbocycles. The van der Waals surface area contributed by atoms with Gasteiger partial charge >= 0.3 is 11.9 Å². The van der Waals surface area contributed by atoms with Crippen LogP contribution in [0.3, 0.4) is 0 Å². The van der Waals surface area contributed by atoms with Crippen LogP contribution in [0.5, 0.6) is 17.2 Å². The Labute approximate surface area is 167 Å². The van der Waals surface area contributed by atoms with Crippen molar-refractivity contribution in [3.05, 3.63) is 48.0 Å². The Balaban J connectivity index is 1.69. The molecule has 0 saturated heterocycles. The van der Waals surface area contributed by atoms with Crippen molar-refractivity contribution in [3.63, 3.8) is 0 Å². The number of rotatable bonds is 6. The summed E-state index contributed by atoms with van der Waals surface area (Å²) in [4.78, 5) is 38.0. The van der Waals surface area contributed by atoms with Crippen LogP contribution in [-0.4, -0.2) is 44.7 Å². The normalized spacial score (nSPS) is 15.2. The van der Waals surface area contributed by atoms with E-state index < -0.39 is 18.0 Å². The van der Waals surface area contributed by atoms with Gasteiger partial charge < -0.3 is 23.8 Å². The molecular weight excluding hydrogens is 378 g/mol. The van der Waals surface area contributed by atoms with Crippen LogP contribution in [-0.2, 0) is 14.3 Å². The molecule has 0 aromatic heterocycles. The summed E-state index contributed by atoms with van der Waals surface area (Å²) in [5.41, 5.74) is 0.886. The fraction of sp³-hybridized carbons (Fsp3) is 0.286. The smallest absolute Gasteiger partial charge is 0.337 e. The molecule has 2 aromatic rings.